The molecule has 6 nitrogen and oxygen atoms in total. The van der Waals surface area contributed by atoms with Crippen LogP contribution in [0.4, 0.5) is 26.1 Å². The second kappa shape index (κ2) is 6.81. The molecule has 2 aliphatic rings. The van der Waals surface area contributed by atoms with Crippen LogP contribution < -0.4 is 10.2 Å². The normalized spacial score (nSPS) is 17.6. The van der Waals surface area contributed by atoms with Gasteiger partial charge in [-0.2, -0.15) is 4.98 Å². The molecule has 0 radical (unpaired) electrons. The Morgan fingerprint density at radius 2 is 1.83 bits per heavy atom. The molecule has 0 atom stereocenters. The highest BCUT2D eigenvalue weighted by atomic mass is 19.1. The van der Waals surface area contributed by atoms with Gasteiger partial charge in [0, 0.05) is 30.5 Å². The molecule has 3 aromatic rings. The summed E-state index contributed by atoms with van der Waals surface area (Å²) >= 11 is 0. The van der Waals surface area contributed by atoms with Crippen LogP contribution in [0.1, 0.15) is 18.4 Å². The largest absolute Gasteiger partial charge is 0.371 e. The van der Waals surface area contributed by atoms with Crippen LogP contribution in [0.5, 0.6) is 0 Å². The second-order valence-corrected chi connectivity index (χ2v) is 7.78. The first-order chi connectivity index (χ1) is 14.0. The molecule has 2 heterocycles. The summed E-state index contributed by atoms with van der Waals surface area (Å²) in [5, 5.41) is 7.48. The number of aromatic nitrogens is 3. The fraction of sp³-hybridized carbons (Fsp3) is 0.333. The van der Waals surface area contributed by atoms with E-state index in [1.165, 1.54) is 23.1 Å². The van der Waals surface area contributed by atoms with Crippen molar-refractivity contribution in [1.29, 1.82) is 0 Å². The van der Waals surface area contributed by atoms with Gasteiger partial charge in [0.15, 0.2) is 0 Å². The first kappa shape index (κ1) is 18.1. The standard InChI is InChI=1S/C21H21F2N5O/c1-14-6-17(11-18(7-14)27-4-5-29-21(12-27)2-3-21)25-20-24-13-28(26-20)19-9-15(22)8-16(23)10-19/h6-11,13H,2-5,12H2,1H3,(H,25,26). The van der Waals surface area contributed by atoms with Gasteiger partial charge in [-0.05, 0) is 55.7 Å². The van der Waals surface area contributed by atoms with E-state index in [2.05, 4.69) is 32.4 Å². The zero-order chi connectivity index (χ0) is 20.0. The summed E-state index contributed by atoms with van der Waals surface area (Å²) in [5.41, 5.74) is 3.44. The smallest absolute Gasteiger partial charge is 0.246 e. The lowest BCUT2D eigenvalue weighted by molar-refractivity contribution is 0.0206. The molecule has 0 bridgehead atoms. The van der Waals surface area contributed by atoms with Crippen molar-refractivity contribution in [2.75, 3.05) is 29.9 Å². The number of ether oxygens (including phenoxy) is 1. The van der Waals surface area contributed by atoms with E-state index >= 15 is 0 Å². The predicted octanol–water partition coefficient (Wildman–Crippen LogP) is 3.97. The maximum absolute atomic E-state index is 13.5. The molecule has 1 N–H and O–H groups in total. The fourth-order valence-electron chi connectivity index (χ4n) is 3.77. The Morgan fingerprint density at radius 3 is 2.59 bits per heavy atom. The molecule has 1 aliphatic heterocycles. The fourth-order valence-corrected chi connectivity index (χ4v) is 3.77. The molecule has 1 spiro atoms. The van der Waals surface area contributed by atoms with Crippen LogP contribution in [-0.4, -0.2) is 40.1 Å². The molecule has 2 fully saturated rings. The van der Waals surface area contributed by atoms with Crippen molar-refractivity contribution in [2.24, 2.45) is 0 Å². The van der Waals surface area contributed by atoms with Gasteiger partial charge in [-0.15, -0.1) is 5.10 Å². The van der Waals surface area contributed by atoms with Crippen LogP contribution in [0.2, 0.25) is 0 Å². The van der Waals surface area contributed by atoms with Crippen molar-refractivity contribution in [3.63, 3.8) is 0 Å². The van der Waals surface area contributed by atoms with Crippen LogP contribution >= 0.6 is 0 Å². The molecule has 1 aromatic heterocycles. The van der Waals surface area contributed by atoms with Crippen molar-refractivity contribution in [3.8, 4) is 5.69 Å². The van der Waals surface area contributed by atoms with Crippen LogP contribution in [0, 0.1) is 18.6 Å². The molecule has 5 rings (SSSR count). The molecule has 0 amide bonds. The maximum Gasteiger partial charge on any atom is 0.246 e. The molecule has 0 unspecified atom stereocenters. The van der Waals surface area contributed by atoms with E-state index in [1.54, 1.807) is 0 Å². The van der Waals surface area contributed by atoms with E-state index in [4.69, 9.17) is 4.74 Å². The summed E-state index contributed by atoms with van der Waals surface area (Å²) in [6.45, 7) is 4.56. The van der Waals surface area contributed by atoms with E-state index in [-0.39, 0.29) is 11.3 Å². The minimum absolute atomic E-state index is 0.0517. The highest BCUT2D eigenvalue weighted by molar-refractivity contribution is 5.64. The topological polar surface area (TPSA) is 55.2 Å². The monoisotopic (exact) mass is 397 g/mol. The van der Waals surface area contributed by atoms with Crippen molar-refractivity contribution < 1.29 is 13.5 Å². The highest BCUT2D eigenvalue weighted by Gasteiger charge is 2.47. The number of anilines is 3. The number of rotatable bonds is 4. The lowest BCUT2D eigenvalue weighted by Crippen LogP contribution is -2.44. The number of nitrogens with one attached hydrogen (secondary N) is 1. The summed E-state index contributed by atoms with van der Waals surface area (Å²) in [6, 6.07) is 9.48. The Morgan fingerprint density at radius 1 is 1.03 bits per heavy atom. The highest BCUT2D eigenvalue weighted by Crippen LogP contribution is 2.43. The van der Waals surface area contributed by atoms with Crippen molar-refractivity contribution >= 4 is 17.3 Å². The molecule has 1 aliphatic carbocycles. The first-order valence-electron chi connectivity index (χ1n) is 9.64. The maximum atomic E-state index is 13.5. The van der Waals surface area contributed by atoms with Gasteiger partial charge < -0.3 is 15.0 Å². The molecule has 1 saturated heterocycles. The van der Waals surface area contributed by atoms with Gasteiger partial charge in [0.1, 0.15) is 18.0 Å². The Hall–Kier alpha value is -3.00. The quantitative estimate of drug-likeness (QED) is 0.722. The second-order valence-electron chi connectivity index (χ2n) is 7.78. The van der Waals surface area contributed by atoms with E-state index in [9.17, 15) is 8.78 Å². The zero-order valence-electron chi connectivity index (χ0n) is 16.0. The molecule has 8 heteroatoms. The minimum atomic E-state index is -0.660. The zero-order valence-corrected chi connectivity index (χ0v) is 16.0. The van der Waals surface area contributed by atoms with Crippen molar-refractivity contribution in [1.82, 2.24) is 14.8 Å². The van der Waals surface area contributed by atoms with Crippen molar-refractivity contribution in [3.05, 3.63) is 59.9 Å². The Bertz CT molecular complexity index is 1040. The van der Waals surface area contributed by atoms with Crippen LogP contribution in [-0.2, 0) is 4.74 Å². The summed E-state index contributed by atoms with van der Waals surface area (Å²) in [6.07, 6.45) is 3.68. The van der Waals surface area contributed by atoms with E-state index in [0.717, 1.165) is 55.5 Å². The Kier molecular flexibility index (Phi) is 4.24. The average Bonchev–Trinajstić information content (AvgIpc) is 3.23. The van der Waals surface area contributed by atoms with Crippen LogP contribution in [0.15, 0.2) is 42.7 Å². The van der Waals surface area contributed by atoms with Gasteiger partial charge in [-0.1, -0.05) is 0 Å². The predicted molar refractivity (Wildman–Crippen MR) is 106 cm³/mol. The summed E-state index contributed by atoms with van der Waals surface area (Å²) in [4.78, 5) is 6.57. The molecule has 150 valence electrons. The van der Waals surface area contributed by atoms with E-state index in [0.29, 0.717) is 5.95 Å². The number of aryl methyl sites for hydroxylation is 1. The SMILES string of the molecule is Cc1cc(Nc2ncn(-c3cc(F)cc(F)c3)n2)cc(N2CCOC3(CC3)C2)c1. The van der Waals surface area contributed by atoms with E-state index < -0.39 is 11.6 Å². The van der Waals surface area contributed by atoms with Crippen molar-refractivity contribution in [2.45, 2.75) is 25.4 Å². The third-order valence-corrected chi connectivity index (χ3v) is 5.34. The number of nitrogens with zero attached hydrogens (tertiary/aromatic N) is 4. The third-order valence-electron chi connectivity index (χ3n) is 5.34. The first-order valence-corrected chi connectivity index (χ1v) is 9.64. The summed E-state index contributed by atoms with van der Waals surface area (Å²) in [7, 11) is 0. The summed E-state index contributed by atoms with van der Waals surface area (Å²) in [5.74, 6) is -0.966. The lowest BCUT2D eigenvalue weighted by atomic mass is 10.1. The lowest BCUT2D eigenvalue weighted by Gasteiger charge is -2.35. The summed E-state index contributed by atoms with van der Waals surface area (Å²) < 4.78 is 34.2. The number of benzene rings is 2. The Labute approximate surface area is 167 Å². The van der Waals surface area contributed by atoms with Gasteiger partial charge in [-0.3, -0.25) is 0 Å². The molecular formula is C21H21F2N5O. The molecule has 29 heavy (non-hydrogen) atoms. The van der Waals surface area contributed by atoms with Gasteiger partial charge in [0.2, 0.25) is 5.95 Å². The van der Waals surface area contributed by atoms with Crippen LogP contribution in [0.3, 0.4) is 0 Å². The molecular weight excluding hydrogens is 376 g/mol. The van der Waals surface area contributed by atoms with Gasteiger partial charge in [0.05, 0.1) is 17.9 Å². The third kappa shape index (κ3) is 3.80. The van der Waals surface area contributed by atoms with E-state index in [1.807, 2.05) is 13.0 Å². The van der Waals surface area contributed by atoms with Gasteiger partial charge in [-0.25, -0.2) is 13.5 Å². The molecule has 2 aromatic carbocycles. The number of halogens is 2. The van der Waals surface area contributed by atoms with Crippen LogP contribution in [0.25, 0.3) is 5.69 Å². The number of hydrogen-bond donors (Lipinski definition) is 1. The van der Waals surface area contributed by atoms with Gasteiger partial charge in [0.25, 0.3) is 0 Å². The Balaban J connectivity index is 1.37. The molecule has 1 saturated carbocycles. The van der Waals surface area contributed by atoms with Gasteiger partial charge >= 0.3 is 0 Å². The minimum Gasteiger partial charge on any atom is -0.371 e. The average molecular weight is 397 g/mol. The number of hydrogen-bond acceptors (Lipinski definition) is 5. The number of morpholine rings is 1.